The molecule has 1 fully saturated rings. The lowest BCUT2D eigenvalue weighted by Gasteiger charge is -1.97. The first-order chi connectivity index (χ1) is 6.34. The molecule has 3 heteroatoms. The second-order valence-corrected chi connectivity index (χ2v) is 2.87. The Balaban J connectivity index is 2.17. The average Bonchev–Trinajstić information content (AvgIpc) is 2.53. The summed E-state index contributed by atoms with van der Waals surface area (Å²) in [5.74, 6) is 0.790. The van der Waals surface area contributed by atoms with Crippen molar-refractivity contribution >= 4 is 12.0 Å². The van der Waals surface area contributed by atoms with Crippen molar-refractivity contribution in [3.05, 3.63) is 41.7 Å². The molecule has 1 amide bonds. The summed E-state index contributed by atoms with van der Waals surface area (Å²) in [7, 11) is 0. The third-order valence-corrected chi connectivity index (χ3v) is 1.82. The van der Waals surface area contributed by atoms with Gasteiger partial charge in [0.1, 0.15) is 5.82 Å². The van der Waals surface area contributed by atoms with Crippen molar-refractivity contribution in [3.63, 3.8) is 0 Å². The Hall–Kier alpha value is -1.77. The zero-order chi connectivity index (χ0) is 9.10. The van der Waals surface area contributed by atoms with Gasteiger partial charge in [-0.1, -0.05) is 30.3 Å². The minimum absolute atomic E-state index is 0.0159. The van der Waals surface area contributed by atoms with Gasteiger partial charge in [0.25, 0.3) is 0 Å². The van der Waals surface area contributed by atoms with Gasteiger partial charge in [-0.3, -0.25) is 4.79 Å². The van der Waals surface area contributed by atoms with Crippen LogP contribution in [0.25, 0.3) is 6.08 Å². The van der Waals surface area contributed by atoms with E-state index in [9.17, 15) is 4.79 Å². The van der Waals surface area contributed by atoms with Crippen LogP contribution in [0.4, 0.5) is 0 Å². The molecule has 66 valence electrons. The maximum atomic E-state index is 10.8. The number of carbonyl (C=O) groups is 1. The molecule has 1 saturated heterocycles. The zero-order valence-electron chi connectivity index (χ0n) is 7.08. The first kappa shape index (κ1) is 7.86. The maximum Gasteiger partial charge on any atom is 0.244 e. The molecular weight excluding hydrogens is 164 g/mol. The van der Waals surface area contributed by atoms with Crippen molar-refractivity contribution < 1.29 is 4.79 Å². The fraction of sp³-hybridized carbons (Fsp3) is 0.100. The summed E-state index contributed by atoms with van der Waals surface area (Å²) in [6.07, 6.45) is 1.91. The monoisotopic (exact) mass is 174 g/mol. The Morgan fingerprint density at radius 1 is 1.23 bits per heavy atom. The van der Waals surface area contributed by atoms with E-state index >= 15 is 0 Å². The van der Waals surface area contributed by atoms with Gasteiger partial charge in [0.15, 0.2) is 0 Å². The van der Waals surface area contributed by atoms with Crippen LogP contribution in [0.2, 0.25) is 0 Å². The van der Waals surface area contributed by atoms with Crippen LogP contribution in [-0.2, 0) is 4.79 Å². The van der Waals surface area contributed by atoms with Gasteiger partial charge in [0, 0.05) is 0 Å². The largest absolute Gasteiger partial charge is 0.362 e. The summed E-state index contributed by atoms with van der Waals surface area (Å²) in [4.78, 5) is 10.8. The van der Waals surface area contributed by atoms with Crippen LogP contribution in [0, 0.1) is 0 Å². The van der Waals surface area contributed by atoms with Gasteiger partial charge >= 0.3 is 0 Å². The van der Waals surface area contributed by atoms with E-state index in [1.165, 1.54) is 0 Å². The minimum atomic E-state index is 0.0159. The van der Waals surface area contributed by atoms with E-state index < -0.39 is 0 Å². The molecule has 3 nitrogen and oxygen atoms in total. The highest BCUT2D eigenvalue weighted by Gasteiger charge is 2.11. The van der Waals surface area contributed by atoms with E-state index in [1.807, 2.05) is 36.4 Å². The molecule has 0 spiro atoms. The molecular formula is C10H10N2O. The molecule has 1 aliphatic heterocycles. The molecule has 0 saturated carbocycles. The van der Waals surface area contributed by atoms with Crippen molar-refractivity contribution in [3.8, 4) is 0 Å². The van der Waals surface area contributed by atoms with Gasteiger partial charge in [-0.25, -0.2) is 0 Å². The molecule has 0 aliphatic carbocycles. The van der Waals surface area contributed by atoms with Crippen LogP contribution < -0.4 is 10.6 Å². The van der Waals surface area contributed by atoms with Crippen molar-refractivity contribution in [2.45, 2.75) is 0 Å². The Morgan fingerprint density at radius 2 is 2.00 bits per heavy atom. The van der Waals surface area contributed by atoms with Gasteiger partial charge in [-0.15, -0.1) is 0 Å². The molecule has 1 heterocycles. The van der Waals surface area contributed by atoms with Crippen LogP contribution in [-0.4, -0.2) is 12.5 Å². The summed E-state index contributed by atoms with van der Waals surface area (Å²) < 4.78 is 0. The summed E-state index contributed by atoms with van der Waals surface area (Å²) in [5, 5.41) is 5.67. The Morgan fingerprint density at radius 3 is 2.62 bits per heavy atom. The van der Waals surface area contributed by atoms with Crippen LogP contribution in [0.3, 0.4) is 0 Å². The first-order valence-corrected chi connectivity index (χ1v) is 4.15. The van der Waals surface area contributed by atoms with Gasteiger partial charge in [0.2, 0.25) is 5.91 Å². The molecule has 0 bridgehead atoms. The predicted octanol–water partition coefficient (Wildman–Crippen LogP) is 0.704. The lowest BCUT2D eigenvalue weighted by molar-refractivity contribution is -0.117. The number of nitrogens with one attached hydrogen (secondary N) is 2. The van der Waals surface area contributed by atoms with E-state index in [4.69, 9.17) is 0 Å². The molecule has 1 aromatic rings. The third kappa shape index (κ3) is 1.87. The Labute approximate surface area is 76.5 Å². The molecule has 2 N–H and O–H groups in total. The van der Waals surface area contributed by atoms with E-state index in [0.29, 0.717) is 6.54 Å². The fourth-order valence-corrected chi connectivity index (χ4v) is 1.22. The fourth-order valence-electron chi connectivity index (χ4n) is 1.22. The van der Waals surface area contributed by atoms with Crippen molar-refractivity contribution in [1.29, 1.82) is 0 Å². The van der Waals surface area contributed by atoms with Gasteiger partial charge in [-0.2, -0.15) is 0 Å². The smallest absolute Gasteiger partial charge is 0.244 e. The van der Waals surface area contributed by atoms with E-state index in [1.54, 1.807) is 0 Å². The summed E-state index contributed by atoms with van der Waals surface area (Å²) in [6.45, 7) is 0.374. The highest BCUT2D eigenvalue weighted by Crippen LogP contribution is 2.04. The molecule has 2 rings (SSSR count). The van der Waals surface area contributed by atoms with Crippen molar-refractivity contribution in [1.82, 2.24) is 10.6 Å². The van der Waals surface area contributed by atoms with Crippen LogP contribution in [0.5, 0.6) is 0 Å². The molecule has 0 radical (unpaired) electrons. The second-order valence-electron chi connectivity index (χ2n) is 2.87. The molecule has 1 aliphatic rings. The van der Waals surface area contributed by atoms with Crippen LogP contribution in [0.15, 0.2) is 36.2 Å². The number of rotatable bonds is 1. The number of amides is 1. The van der Waals surface area contributed by atoms with Crippen LogP contribution in [0.1, 0.15) is 5.56 Å². The van der Waals surface area contributed by atoms with Crippen LogP contribution >= 0.6 is 0 Å². The van der Waals surface area contributed by atoms with Gasteiger partial charge < -0.3 is 10.6 Å². The quantitative estimate of drug-likeness (QED) is 0.658. The Bertz CT molecular complexity index is 343. The molecule has 13 heavy (non-hydrogen) atoms. The second kappa shape index (κ2) is 3.31. The van der Waals surface area contributed by atoms with Gasteiger partial charge in [-0.05, 0) is 11.6 Å². The maximum absolute atomic E-state index is 10.8. The number of carbonyl (C=O) groups excluding carboxylic acids is 1. The molecule has 0 unspecified atom stereocenters. The summed E-state index contributed by atoms with van der Waals surface area (Å²) in [5.41, 5.74) is 1.08. The molecule has 0 aromatic heterocycles. The lowest BCUT2D eigenvalue weighted by atomic mass is 10.2. The number of benzene rings is 1. The predicted molar refractivity (Wildman–Crippen MR) is 50.6 cm³/mol. The van der Waals surface area contributed by atoms with E-state index in [-0.39, 0.29) is 5.91 Å². The highest BCUT2D eigenvalue weighted by atomic mass is 16.2. The van der Waals surface area contributed by atoms with Crippen molar-refractivity contribution in [2.75, 3.05) is 6.54 Å². The third-order valence-electron chi connectivity index (χ3n) is 1.82. The number of hydrogen-bond donors (Lipinski definition) is 2. The standard InChI is InChI=1S/C10H10N2O/c13-10-7-11-9(12-10)6-8-4-2-1-3-5-8/h1-6,11H,7H2,(H,12,13). The number of hydrogen-bond acceptors (Lipinski definition) is 2. The van der Waals surface area contributed by atoms with E-state index in [0.717, 1.165) is 11.4 Å². The normalized spacial score (nSPS) is 18.5. The highest BCUT2D eigenvalue weighted by molar-refractivity contribution is 5.84. The summed E-state index contributed by atoms with van der Waals surface area (Å²) in [6, 6.07) is 9.85. The lowest BCUT2D eigenvalue weighted by Crippen LogP contribution is -2.13. The van der Waals surface area contributed by atoms with E-state index in [2.05, 4.69) is 10.6 Å². The average molecular weight is 174 g/mol. The summed E-state index contributed by atoms with van der Waals surface area (Å²) >= 11 is 0. The molecule has 1 aromatic carbocycles. The Kier molecular flexibility index (Phi) is 2.00. The van der Waals surface area contributed by atoms with Crippen molar-refractivity contribution in [2.24, 2.45) is 0 Å². The minimum Gasteiger partial charge on any atom is -0.362 e. The topological polar surface area (TPSA) is 41.1 Å². The zero-order valence-corrected chi connectivity index (χ0v) is 7.08. The first-order valence-electron chi connectivity index (χ1n) is 4.15. The van der Waals surface area contributed by atoms with Gasteiger partial charge in [0.05, 0.1) is 6.54 Å². The molecule has 0 atom stereocenters. The SMILES string of the molecule is O=C1CNC(=Cc2ccccc2)N1.